The number of amides is 2. The number of halogens is 1. The van der Waals surface area contributed by atoms with Crippen molar-refractivity contribution < 1.29 is 14.7 Å². The lowest BCUT2D eigenvalue weighted by molar-refractivity contribution is 0.0645. The summed E-state index contributed by atoms with van der Waals surface area (Å²) in [4.78, 5) is 48.5. The summed E-state index contributed by atoms with van der Waals surface area (Å²) in [6.45, 7) is 7.05. The first-order chi connectivity index (χ1) is 17.8. The lowest BCUT2D eigenvalue weighted by Gasteiger charge is -2.44. The van der Waals surface area contributed by atoms with Crippen LogP contribution < -0.4 is 10.5 Å². The lowest BCUT2D eigenvalue weighted by atomic mass is 9.98. The molecule has 0 saturated carbocycles. The molecule has 38 heavy (non-hydrogen) atoms. The molecule has 204 valence electrons. The second-order valence-electron chi connectivity index (χ2n) is 11.0. The smallest absolute Gasteiger partial charge is 0.408 e. The van der Waals surface area contributed by atoms with Crippen LogP contribution in [0.4, 0.5) is 10.7 Å². The molecule has 0 bridgehead atoms. The molecule has 0 radical (unpaired) electrons. The van der Waals surface area contributed by atoms with E-state index >= 15 is 0 Å². The SMILES string of the molecule is CN(C)C(=O)c1cc2nc(N3CCC[C@@H](N(C(=O)O)C(C)(C)C)C3)n(Cc3ccccc3Cl)c2c(=O)n1C. The van der Waals surface area contributed by atoms with Crippen molar-refractivity contribution in [2.75, 3.05) is 32.1 Å². The number of carbonyl (C=O) groups excluding carboxylic acids is 1. The van der Waals surface area contributed by atoms with Gasteiger partial charge in [0, 0.05) is 44.8 Å². The van der Waals surface area contributed by atoms with Crippen LogP contribution in [-0.2, 0) is 13.6 Å². The van der Waals surface area contributed by atoms with E-state index in [9.17, 15) is 19.5 Å². The fourth-order valence-electron chi connectivity index (χ4n) is 5.24. The minimum Gasteiger partial charge on any atom is -0.465 e. The van der Waals surface area contributed by atoms with E-state index in [0.29, 0.717) is 41.6 Å². The Morgan fingerprint density at radius 3 is 2.50 bits per heavy atom. The molecular formula is C27H35ClN6O4. The number of piperidine rings is 1. The van der Waals surface area contributed by atoms with E-state index in [-0.39, 0.29) is 23.2 Å². The molecule has 1 fully saturated rings. The van der Waals surface area contributed by atoms with Crippen LogP contribution in [0.3, 0.4) is 0 Å². The summed E-state index contributed by atoms with van der Waals surface area (Å²) in [5.41, 5.74) is 0.922. The Bertz CT molecular complexity index is 1440. The van der Waals surface area contributed by atoms with Crippen molar-refractivity contribution in [1.29, 1.82) is 0 Å². The molecule has 1 aliphatic rings. The number of carbonyl (C=O) groups is 2. The first-order valence-corrected chi connectivity index (χ1v) is 13.0. The molecule has 0 unspecified atom stereocenters. The summed E-state index contributed by atoms with van der Waals surface area (Å²) in [6, 6.07) is 8.83. The molecule has 0 aliphatic carbocycles. The highest BCUT2D eigenvalue weighted by Gasteiger charge is 2.37. The number of hydrogen-bond acceptors (Lipinski definition) is 5. The van der Waals surface area contributed by atoms with Crippen molar-refractivity contribution in [1.82, 2.24) is 23.9 Å². The average Bonchev–Trinajstić information content (AvgIpc) is 3.19. The number of fused-ring (bicyclic) bond motifs is 1. The summed E-state index contributed by atoms with van der Waals surface area (Å²) in [7, 11) is 4.85. The van der Waals surface area contributed by atoms with E-state index in [1.165, 1.54) is 14.4 Å². The van der Waals surface area contributed by atoms with Gasteiger partial charge in [-0.15, -0.1) is 0 Å². The molecule has 0 spiro atoms. The van der Waals surface area contributed by atoms with E-state index in [2.05, 4.69) is 0 Å². The number of pyridine rings is 1. The number of nitrogens with zero attached hydrogens (tertiary/aromatic N) is 6. The van der Waals surface area contributed by atoms with Crippen LogP contribution in [-0.4, -0.2) is 79.8 Å². The lowest BCUT2D eigenvalue weighted by Crippen LogP contribution is -2.57. The molecule has 4 rings (SSSR count). The van der Waals surface area contributed by atoms with Gasteiger partial charge in [-0.25, -0.2) is 9.78 Å². The van der Waals surface area contributed by atoms with Gasteiger partial charge >= 0.3 is 6.09 Å². The molecule has 1 N–H and O–H groups in total. The summed E-state index contributed by atoms with van der Waals surface area (Å²) in [6.07, 6.45) is 0.533. The number of rotatable bonds is 5. The van der Waals surface area contributed by atoms with Gasteiger partial charge in [0.2, 0.25) is 5.95 Å². The number of carboxylic acid groups (broad SMARTS) is 1. The van der Waals surface area contributed by atoms with Crippen LogP contribution in [0.5, 0.6) is 0 Å². The fourth-order valence-corrected chi connectivity index (χ4v) is 5.44. The van der Waals surface area contributed by atoms with Crippen molar-refractivity contribution in [3.05, 3.63) is 57.0 Å². The zero-order valence-corrected chi connectivity index (χ0v) is 23.5. The zero-order valence-electron chi connectivity index (χ0n) is 22.7. The molecule has 10 nitrogen and oxygen atoms in total. The summed E-state index contributed by atoms with van der Waals surface area (Å²) < 4.78 is 3.19. The first-order valence-electron chi connectivity index (χ1n) is 12.6. The van der Waals surface area contributed by atoms with E-state index in [1.807, 2.05) is 48.4 Å². The Labute approximate surface area is 227 Å². The second kappa shape index (κ2) is 10.3. The minimum atomic E-state index is -0.963. The Kier molecular flexibility index (Phi) is 7.47. The summed E-state index contributed by atoms with van der Waals surface area (Å²) in [5.74, 6) is 0.254. The number of benzene rings is 1. The third kappa shape index (κ3) is 5.09. The summed E-state index contributed by atoms with van der Waals surface area (Å²) in [5, 5.41) is 10.6. The number of aromatic nitrogens is 3. The number of anilines is 1. The topological polar surface area (TPSA) is 104 Å². The normalized spacial score (nSPS) is 16.1. The number of hydrogen-bond donors (Lipinski definition) is 1. The Hall–Kier alpha value is -3.53. The molecule has 3 heterocycles. The van der Waals surface area contributed by atoms with Crippen LogP contribution in [0, 0.1) is 0 Å². The Balaban J connectivity index is 1.88. The molecule has 1 atom stereocenters. The van der Waals surface area contributed by atoms with Gasteiger partial charge in [-0.2, -0.15) is 0 Å². The van der Waals surface area contributed by atoms with Gasteiger partial charge in [-0.05, 0) is 51.3 Å². The van der Waals surface area contributed by atoms with Crippen molar-refractivity contribution in [2.24, 2.45) is 7.05 Å². The maximum absolute atomic E-state index is 13.7. The van der Waals surface area contributed by atoms with Crippen LogP contribution >= 0.6 is 11.6 Å². The third-order valence-electron chi connectivity index (χ3n) is 7.00. The highest BCUT2D eigenvalue weighted by Crippen LogP contribution is 2.30. The number of imidazole rings is 1. The van der Waals surface area contributed by atoms with E-state index in [4.69, 9.17) is 16.6 Å². The van der Waals surface area contributed by atoms with Gasteiger partial charge in [0.15, 0.2) is 0 Å². The van der Waals surface area contributed by atoms with Crippen LogP contribution in [0.25, 0.3) is 11.0 Å². The van der Waals surface area contributed by atoms with Gasteiger partial charge in [0.25, 0.3) is 11.5 Å². The van der Waals surface area contributed by atoms with Crippen molar-refractivity contribution in [3.63, 3.8) is 0 Å². The molecule has 1 aromatic carbocycles. The standard InChI is InChI=1S/C27H35ClN6O4/c1-27(2,3)34(26(37)38)18-11-9-13-32(16-18)25-29-20-14-21(23(35)30(4)5)31(6)24(36)22(20)33(25)15-17-10-7-8-12-19(17)28/h7-8,10,12,14,18H,9,11,13,15-16H2,1-6H3,(H,37,38)/t18-/m1/s1. The molecule has 1 aliphatic heterocycles. The highest BCUT2D eigenvalue weighted by atomic mass is 35.5. The van der Waals surface area contributed by atoms with Crippen molar-refractivity contribution >= 4 is 40.6 Å². The fraction of sp³-hybridized carbons (Fsp3) is 0.481. The predicted octanol–water partition coefficient (Wildman–Crippen LogP) is 3.89. The van der Waals surface area contributed by atoms with E-state index in [1.54, 1.807) is 33.3 Å². The molecule has 3 aromatic rings. The van der Waals surface area contributed by atoms with Gasteiger partial charge < -0.3 is 24.0 Å². The van der Waals surface area contributed by atoms with Crippen LogP contribution in [0.15, 0.2) is 35.1 Å². The minimum absolute atomic E-state index is 0.239. The zero-order chi connectivity index (χ0) is 27.9. The van der Waals surface area contributed by atoms with Crippen molar-refractivity contribution in [3.8, 4) is 0 Å². The Morgan fingerprint density at radius 1 is 1.21 bits per heavy atom. The Morgan fingerprint density at radius 2 is 1.89 bits per heavy atom. The average molecular weight is 543 g/mol. The van der Waals surface area contributed by atoms with Gasteiger partial charge in [0.1, 0.15) is 11.2 Å². The van der Waals surface area contributed by atoms with E-state index in [0.717, 1.165) is 18.4 Å². The maximum atomic E-state index is 13.7. The van der Waals surface area contributed by atoms with Crippen molar-refractivity contribution in [2.45, 2.75) is 51.7 Å². The third-order valence-corrected chi connectivity index (χ3v) is 7.37. The molecule has 2 amide bonds. The maximum Gasteiger partial charge on any atom is 0.408 e. The molecule has 11 heteroatoms. The van der Waals surface area contributed by atoms with Gasteiger partial charge in [0.05, 0.1) is 18.1 Å². The first kappa shape index (κ1) is 27.5. The molecule has 2 aromatic heterocycles. The highest BCUT2D eigenvalue weighted by molar-refractivity contribution is 6.31. The quantitative estimate of drug-likeness (QED) is 0.524. The van der Waals surface area contributed by atoms with Crippen LogP contribution in [0.1, 0.15) is 49.7 Å². The van der Waals surface area contributed by atoms with Gasteiger partial charge in [-0.3, -0.25) is 14.5 Å². The van der Waals surface area contributed by atoms with Gasteiger partial charge in [-0.1, -0.05) is 29.8 Å². The summed E-state index contributed by atoms with van der Waals surface area (Å²) >= 11 is 6.50. The second-order valence-corrected chi connectivity index (χ2v) is 11.4. The monoisotopic (exact) mass is 542 g/mol. The van der Waals surface area contributed by atoms with Crippen LogP contribution in [0.2, 0.25) is 5.02 Å². The van der Waals surface area contributed by atoms with E-state index < -0.39 is 11.6 Å². The largest absolute Gasteiger partial charge is 0.465 e. The predicted molar refractivity (Wildman–Crippen MR) is 148 cm³/mol. The molecular weight excluding hydrogens is 508 g/mol. The molecule has 1 saturated heterocycles.